The van der Waals surface area contributed by atoms with E-state index < -0.39 is 11.8 Å². The Morgan fingerprint density at radius 2 is 2.12 bits per heavy atom. The van der Waals surface area contributed by atoms with E-state index in [4.69, 9.17) is 21.1 Å². The molecule has 0 atom stereocenters. The van der Waals surface area contributed by atoms with E-state index in [-0.39, 0.29) is 22.2 Å². The highest BCUT2D eigenvalue weighted by Crippen LogP contribution is 2.29. The number of benzene rings is 2. The van der Waals surface area contributed by atoms with Crippen LogP contribution in [0.5, 0.6) is 5.75 Å². The van der Waals surface area contributed by atoms with Gasteiger partial charge in [0.25, 0.3) is 0 Å². The van der Waals surface area contributed by atoms with Crippen LogP contribution in [-0.4, -0.2) is 19.0 Å². The molecule has 0 unspecified atom stereocenters. The van der Waals surface area contributed by atoms with E-state index >= 15 is 0 Å². The van der Waals surface area contributed by atoms with Gasteiger partial charge in [0, 0.05) is 10.0 Å². The van der Waals surface area contributed by atoms with Crippen molar-refractivity contribution in [3.8, 4) is 5.75 Å². The zero-order chi connectivity index (χ0) is 17.3. The molecule has 3 rings (SSSR count). The first-order valence-electron chi connectivity index (χ1n) is 6.80. The number of aliphatic imine (C=N–C) groups is 1. The second-order valence-corrected chi connectivity index (χ2v) is 6.14. The number of methoxy groups -OCH3 is 1. The highest BCUT2D eigenvalue weighted by molar-refractivity contribution is 9.10. The number of carbonyl (C=O) groups is 1. The number of halogens is 3. The van der Waals surface area contributed by atoms with Crippen LogP contribution in [0.25, 0.3) is 6.08 Å². The molecule has 4 nitrogen and oxygen atoms in total. The Morgan fingerprint density at radius 3 is 2.83 bits per heavy atom. The van der Waals surface area contributed by atoms with E-state index in [1.807, 2.05) is 0 Å². The molecule has 0 radical (unpaired) electrons. The summed E-state index contributed by atoms with van der Waals surface area (Å²) in [5.41, 5.74) is 0.541. The van der Waals surface area contributed by atoms with Crippen molar-refractivity contribution in [1.29, 1.82) is 0 Å². The van der Waals surface area contributed by atoms with E-state index in [1.165, 1.54) is 31.4 Å². The first-order valence-corrected chi connectivity index (χ1v) is 7.97. The highest BCUT2D eigenvalue weighted by atomic mass is 79.9. The van der Waals surface area contributed by atoms with Gasteiger partial charge in [0.2, 0.25) is 5.90 Å². The van der Waals surface area contributed by atoms with Gasteiger partial charge in [-0.2, -0.15) is 0 Å². The van der Waals surface area contributed by atoms with E-state index in [2.05, 4.69) is 20.9 Å². The van der Waals surface area contributed by atoms with Crippen molar-refractivity contribution in [2.75, 3.05) is 7.11 Å². The van der Waals surface area contributed by atoms with Crippen LogP contribution in [0.1, 0.15) is 11.1 Å². The Hall–Kier alpha value is -2.18. The van der Waals surface area contributed by atoms with Crippen molar-refractivity contribution in [3.05, 3.63) is 68.5 Å². The summed E-state index contributed by atoms with van der Waals surface area (Å²) >= 11 is 9.31. The van der Waals surface area contributed by atoms with Crippen molar-refractivity contribution < 1.29 is 18.7 Å². The predicted molar refractivity (Wildman–Crippen MR) is 92.7 cm³/mol. The first-order chi connectivity index (χ1) is 11.5. The summed E-state index contributed by atoms with van der Waals surface area (Å²) in [7, 11) is 1.50. The lowest BCUT2D eigenvalue weighted by atomic mass is 10.2. The fourth-order valence-corrected chi connectivity index (χ4v) is 2.74. The molecule has 0 bridgehead atoms. The lowest BCUT2D eigenvalue weighted by Crippen LogP contribution is -2.07. The Bertz CT molecular complexity index is 875. The third-order valence-corrected chi connectivity index (χ3v) is 4.12. The monoisotopic (exact) mass is 409 g/mol. The Labute approximate surface area is 150 Å². The number of esters is 1. The van der Waals surface area contributed by atoms with Gasteiger partial charge in [-0.05, 0) is 36.4 Å². The molecule has 7 heteroatoms. The minimum atomic E-state index is -0.689. The molecule has 0 aliphatic carbocycles. The summed E-state index contributed by atoms with van der Waals surface area (Å²) in [5.74, 6) is -0.662. The van der Waals surface area contributed by atoms with Crippen molar-refractivity contribution in [3.63, 3.8) is 0 Å². The predicted octanol–water partition coefficient (Wildman–Crippen LogP) is 4.59. The standard InChI is InChI=1S/C17H10BrClFNO3/c1-23-15-6-5-9(18)7-11(15)16-21-14(17(22)24-16)8-10-12(19)3-2-4-13(10)20/h2-8H,1H3/b14-8-. The van der Waals surface area contributed by atoms with Gasteiger partial charge in [0.05, 0.1) is 17.7 Å². The Balaban J connectivity index is 2.06. The summed E-state index contributed by atoms with van der Waals surface area (Å²) in [6, 6.07) is 9.47. The summed E-state index contributed by atoms with van der Waals surface area (Å²) in [6.07, 6.45) is 1.26. The van der Waals surface area contributed by atoms with Crippen LogP contribution in [0.4, 0.5) is 4.39 Å². The molecule has 0 saturated heterocycles. The van der Waals surface area contributed by atoms with Gasteiger partial charge in [-0.15, -0.1) is 0 Å². The normalized spacial score (nSPS) is 15.4. The van der Waals surface area contributed by atoms with Crippen LogP contribution in [0.3, 0.4) is 0 Å². The van der Waals surface area contributed by atoms with Gasteiger partial charge in [0.15, 0.2) is 5.70 Å². The first kappa shape index (κ1) is 16.7. The number of carbonyl (C=O) groups excluding carboxylic acids is 1. The number of hydrogen-bond acceptors (Lipinski definition) is 4. The van der Waals surface area contributed by atoms with Crippen LogP contribution in [-0.2, 0) is 9.53 Å². The second-order valence-electron chi connectivity index (χ2n) is 4.82. The van der Waals surface area contributed by atoms with E-state index in [0.29, 0.717) is 11.3 Å². The SMILES string of the molecule is COc1ccc(Br)cc1C1=N/C(=C\c2c(F)cccc2Cl)C(=O)O1. The molecule has 1 aliphatic rings. The molecule has 0 spiro atoms. The molecule has 0 aromatic heterocycles. The van der Waals surface area contributed by atoms with Gasteiger partial charge < -0.3 is 9.47 Å². The molecule has 24 heavy (non-hydrogen) atoms. The van der Waals surface area contributed by atoms with Gasteiger partial charge in [-0.1, -0.05) is 33.6 Å². The maximum Gasteiger partial charge on any atom is 0.363 e. The number of ether oxygens (including phenoxy) is 2. The minimum absolute atomic E-state index is 0.0426. The van der Waals surface area contributed by atoms with Crippen LogP contribution < -0.4 is 4.74 Å². The van der Waals surface area contributed by atoms with Gasteiger partial charge in [-0.25, -0.2) is 14.2 Å². The maximum atomic E-state index is 13.9. The number of nitrogens with zero attached hydrogens (tertiary/aromatic N) is 1. The lowest BCUT2D eigenvalue weighted by molar-refractivity contribution is -0.129. The molecule has 0 saturated carbocycles. The number of rotatable bonds is 3. The van der Waals surface area contributed by atoms with Crippen molar-refractivity contribution in [2.24, 2.45) is 4.99 Å². The van der Waals surface area contributed by atoms with E-state index in [1.54, 1.807) is 18.2 Å². The largest absolute Gasteiger partial charge is 0.496 e. The fraction of sp³-hybridized carbons (Fsp3) is 0.0588. The Morgan fingerprint density at radius 1 is 1.33 bits per heavy atom. The summed E-state index contributed by atoms with van der Waals surface area (Å²) in [5, 5.41) is 0.180. The van der Waals surface area contributed by atoms with Crippen LogP contribution in [0.15, 0.2) is 51.6 Å². The van der Waals surface area contributed by atoms with Crippen molar-refractivity contribution in [1.82, 2.24) is 0 Å². The number of cyclic esters (lactones) is 1. The fourth-order valence-electron chi connectivity index (χ4n) is 2.16. The quantitative estimate of drug-likeness (QED) is 0.549. The third kappa shape index (κ3) is 3.20. The summed E-state index contributed by atoms with van der Waals surface area (Å²) in [4.78, 5) is 16.2. The molecule has 122 valence electrons. The summed E-state index contributed by atoms with van der Waals surface area (Å²) < 4.78 is 25.1. The van der Waals surface area contributed by atoms with Gasteiger partial charge in [-0.3, -0.25) is 0 Å². The molecule has 0 N–H and O–H groups in total. The Kier molecular flexibility index (Phi) is 4.69. The minimum Gasteiger partial charge on any atom is -0.496 e. The average Bonchev–Trinajstić information content (AvgIpc) is 2.92. The topological polar surface area (TPSA) is 47.9 Å². The van der Waals surface area contributed by atoms with Crippen LogP contribution >= 0.6 is 27.5 Å². The highest BCUT2D eigenvalue weighted by Gasteiger charge is 2.27. The van der Waals surface area contributed by atoms with Gasteiger partial charge in [0.1, 0.15) is 11.6 Å². The zero-order valence-corrected chi connectivity index (χ0v) is 14.7. The molecule has 2 aromatic carbocycles. The van der Waals surface area contributed by atoms with Crippen LogP contribution in [0, 0.1) is 5.82 Å². The molecule has 1 heterocycles. The summed E-state index contributed by atoms with van der Waals surface area (Å²) in [6.45, 7) is 0. The molecule has 0 amide bonds. The smallest absolute Gasteiger partial charge is 0.363 e. The molecule has 2 aromatic rings. The average molecular weight is 411 g/mol. The van der Waals surface area contributed by atoms with Gasteiger partial charge >= 0.3 is 5.97 Å². The van der Waals surface area contributed by atoms with E-state index in [9.17, 15) is 9.18 Å². The lowest BCUT2D eigenvalue weighted by Gasteiger charge is -2.07. The maximum absolute atomic E-state index is 13.9. The van der Waals surface area contributed by atoms with Crippen molar-refractivity contribution >= 4 is 45.5 Å². The van der Waals surface area contributed by atoms with Crippen molar-refractivity contribution in [2.45, 2.75) is 0 Å². The zero-order valence-electron chi connectivity index (χ0n) is 12.3. The second kappa shape index (κ2) is 6.75. The molecule has 0 fully saturated rings. The van der Waals surface area contributed by atoms with E-state index in [0.717, 1.165) is 4.47 Å². The third-order valence-electron chi connectivity index (χ3n) is 3.29. The molecular weight excluding hydrogens is 401 g/mol. The molecular formula is C17H10BrClFNO3. The molecule has 1 aliphatic heterocycles. The number of hydrogen-bond donors (Lipinski definition) is 0. The van der Waals surface area contributed by atoms with Crippen LogP contribution in [0.2, 0.25) is 5.02 Å².